The zero-order valence-electron chi connectivity index (χ0n) is 11.9. The Hall–Kier alpha value is -0.780. The van der Waals surface area contributed by atoms with Gasteiger partial charge >= 0.3 is 6.18 Å². The first-order chi connectivity index (χ1) is 9.17. The molecule has 1 aliphatic heterocycles. The molecule has 5 atom stereocenters. The van der Waals surface area contributed by atoms with Crippen molar-refractivity contribution in [1.29, 1.82) is 0 Å². The summed E-state index contributed by atoms with van der Waals surface area (Å²) < 4.78 is 37.3. The van der Waals surface area contributed by atoms with Gasteiger partial charge in [-0.05, 0) is 43.9 Å². The highest BCUT2D eigenvalue weighted by molar-refractivity contribution is 5.77. The first-order valence-electron chi connectivity index (χ1n) is 7.21. The number of aliphatic hydroxyl groups is 1. The van der Waals surface area contributed by atoms with Crippen LogP contribution in [0.4, 0.5) is 13.2 Å². The lowest BCUT2D eigenvalue weighted by molar-refractivity contribution is -0.170. The normalized spacial score (nSPS) is 35.8. The lowest BCUT2D eigenvalue weighted by atomic mass is 9.68. The zero-order valence-corrected chi connectivity index (χ0v) is 11.9. The van der Waals surface area contributed by atoms with E-state index in [-0.39, 0.29) is 11.8 Å². The largest absolute Gasteiger partial charge is 0.397 e. The Labute approximate surface area is 117 Å². The lowest BCUT2D eigenvalue weighted by Crippen LogP contribution is -2.58. The lowest BCUT2D eigenvalue weighted by Gasteiger charge is -2.50. The molecule has 2 rings (SSSR count). The number of halogens is 3. The summed E-state index contributed by atoms with van der Waals surface area (Å²) in [7, 11) is 0. The van der Waals surface area contributed by atoms with E-state index in [1.807, 2.05) is 0 Å². The molecule has 1 heterocycles. The van der Waals surface area contributed by atoms with Crippen LogP contribution in [0.2, 0.25) is 0 Å². The average Bonchev–Trinajstić information content (AvgIpc) is 2.24. The van der Waals surface area contributed by atoms with Crippen molar-refractivity contribution in [3.63, 3.8) is 0 Å². The molecule has 0 radical (unpaired) electrons. The number of fused-ring (bicyclic) bond motifs is 2. The SMILES string of the molecule is C[C@@H]1CC2C[C@@H](C1)C([C@H](C)O)N(C(=O)CC(F)(F)F)C2. The maximum absolute atomic E-state index is 12.4. The molecule has 6 heteroatoms. The van der Waals surface area contributed by atoms with Crippen LogP contribution in [-0.4, -0.2) is 40.8 Å². The Balaban J connectivity index is 2.16. The number of hydrogen-bond donors (Lipinski definition) is 1. The smallest absolute Gasteiger partial charge is 0.391 e. The summed E-state index contributed by atoms with van der Waals surface area (Å²) in [5, 5.41) is 9.92. The maximum Gasteiger partial charge on any atom is 0.397 e. The van der Waals surface area contributed by atoms with E-state index in [0.717, 1.165) is 19.3 Å². The Kier molecular flexibility index (Phi) is 4.33. The Morgan fingerprint density at radius 2 is 2.00 bits per heavy atom. The van der Waals surface area contributed by atoms with Gasteiger partial charge in [0.2, 0.25) is 5.91 Å². The third kappa shape index (κ3) is 3.45. The monoisotopic (exact) mass is 293 g/mol. The van der Waals surface area contributed by atoms with E-state index in [1.165, 1.54) is 4.90 Å². The van der Waals surface area contributed by atoms with Crippen LogP contribution in [-0.2, 0) is 4.79 Å². The van der Waals surface area contributed by atoms with Crippen LogP contribution in [0.15, 0.2) is 0 Å². The fourth-order valence-electron chi connectivity index (χ4n) is 4.08. The van der Waals surface area contributed by atoms with Gasteiger partial charge in [0.05, 0.1) is 12.1 Å². The summed E-state index contributed by atoms with van der Waals surface area (Å²) in [6.45, 7) is 4.05. The minimum atomic E-state index is -4.49. The summed E-state index contributed by atoms with van der Waals surface area (Å²) in [5.41, 5.74) is 0. The second-order valence-electron chi connectivity index (χ2n) is 6.51. The fraction of sp³-hybridized carbons (Fsp3) is 0.929. The molecular formula is C14H22F3NO2. The van der Waals surface area contributed by atoms with Crippen molar-refractivity contribution in [3.05, 3.63) is 0 Å². The maximum atomic E-state index is 12.4. The van der Waals surface area contributed by atoms with E-state index in [2.05, 4.69) is 6.92 Å². The molecule has 1 saturated carbocycles. The molecule has 1 aliphatic carbocycles. The van der Waals surface area contributed by atoms with Gasteiger partial charge in [-0.15, -0.1) is 0 Å². The third-order valence-electron chi connectivity index (χ3n) is 4.54. The number of amides is 1. The van der Waals surface area contributed by atoms with E-state index < -0.39 is 30.7 Å². The molecule has 3 nitrogen and oxygen atoms in total. The van der Waals surface area contributed by atoms with Crippen LogP contribution in [0.5, 0.6) is 0 Å². The molecule has 2 aliphatic rings. The predicted octanol–water partition coefficient (Wildman–Crippen LogP) is 2.58. The van der Waals surface area contributed by atoms with Gasteiger partial charge in [0, 0.05) is 6.54 Å². The van der Waals surface area contributed by atoms with Crippen molar-refractivity contribution >= 4 is 5.91 Å². The minimum absolute atomic E-state index is 0.120. The van der Waals surface area contributed by atoms with Crippen LogP contribution >= 0.6 is 0 Å². The summed E-state index contributed by atoms with van der Waals surface area (Å²) in [4.78, 5) is 13.2. The van der Waals surface area contributed by atoms with Crippen molar-refractivity contribution in [2.24, 2.45) is 17.8 Å². The molecule has 1 saturated heterocycles. The second kappa shape index (κ2) is 5.54. The van der Waals surface area contributed by atoms with Crippen LogP contribution in [0.1, 0.15) is 39.5 Å². The van der Waals surface area contributed by atoms with E-state index in [0.29, 0.717) is 12.5 Å². The van der Waals surface area contributed by atoms with Gasteiger partial charge in [-0.2, -0.15) is 13.2 Å². The molecular weight excluding hydrogens is 271 g/mol. The Bertz CT molecular complexity index is 368. The molecule has 1 N–H and O–H groups in total. The number of likely N-dealkylation sites (tertiary alicyclic amines) is 1. The van der Waals surface area contributed by atoms with Gasteiger partial charge in [0.15, 0.2) is 0 Å². The van der Waals surface area contributed by atoms with Crippen molar-refractivity contribution < 1.29 is 23.1 Å². The Morgan fingerprint density at radius 3 is 2.55 bits per heavy atom. The van der Waals surface area contributed by atoms with Crippen molar-refractivity contribution in [2.75, 3.05) is 6.54 Å². The number of rotatable bonds is 2. The number of aliphatic hydroxyl groups excluding tert-OH is 1. The molecule has 0 aromatic carbocycles. The molecule has 0 aromatic rings. The van der Waals surface area contributed by atoms with Gasteiger partial charge in [-0.1, -0.05) is 6.92 Å². The highest BCUT2D eigenvalue weighted by Gasteiger charge is 2.46. The molecule has 1 amide bonds. The van der Waals surface area contributed by atoms with Crippen LogP contribution in [0.25, 0.3) is 0 Å². The fourth-order valence-corrected chi connectivity index (χ4v) is 4.08. The van der Waals surface area contributed by atoms with Gasteiger partial charge in [0.1, 0.15) is 6.42 Å². The first kappa shape index (κ1) is 15.6. The van der Waals surface area contributed by atoms with Gasteiger partial charge in [-0.3, -0.25) is 4.79 Å². The summed E-state index contributed by atoms with van der Waals surface area (Å²) in [6.07, 6.45) is -3.95. The van der Waals surface area contributed by atoms with Crippen molar-refractivity contribution in [1.82, 2.24) is 4.90 Å². The van der Waals surface area contributed by atoms with E-state index in [4.69, 9.17) is 0 Å². The van der Waals surface area contributed by atoms with E-state index >= 15 is 0 Å². The highest BCUT2D eigenvalue weighted by atomic mass is 19.4. The van der Waals surface area contributed by atoms with Crippen molar-refractivity contribution in [2.45, 2.75) is 57.9 Å². The number of carbonyl (C=O) groups is 1. The predicted molar refractivity (Wildman–Crippen MR) is 67.8 cm³/mol. The molecule has 0 spiro atoms. The molecule has 2 fully saturated rings. The van der Waals surface area contributed by atoms with Crippen LogP contribution < -0.4 is 0 Å². The standard InChI is InChI=1S/C14H22F3NO2/c1-8-3-10-5-11(4-8)13(9(2)19)18(7-10)12(20)6-14(15,16)17/h8-11,13,19H,3-7H2,1-2H3/t8-,9+,10?,11-,13?/m1/s1. The minimum Gasteiger partial charge on any atom is -0.391 e. The van der Waals surface area contributed by atoms with Crippen molar-refractivity contribution in [3.8, 4) is 0 Å². The van der Waals surface area contributed by atoms with Gasteiger partial charge in [0.25, 0.3) is 0 Å². The quantitative estimate of drug-likeness (QED) is 0.850. The number of alkyl halides is 3. The van der Waals surface area contributed by atoms with Gasteiger partial charge in [-0.25, -0.2) is 0 Å². The second-order valence-corrected chi connectivity index (χ2v) is 6.51. The molecule has 0 aromatic heterocycles. The summed E-state index contributed by atoms with van der Waals surface area (Å²) >= 11 is 0. The number of piperidine rings is 1. The molecule has 20 heavy (non-hydrogen) atoms. The summed E-state index contributed by atoms with van der Waals surface area (Å²) in [6, 6.07) is -0.469. The number of hydrogen-bond acceptors (Lipinski definition) is 2. The first-order valence-corrected chi connectivity index (χ1v) is 7.21. The molecule has 2 bridgehead atoms. The van der Waals surface area contributed by atoms with E-state index in [9.17, 15) is 23.1 Å². The molecule has 116 valence electrons. The van der Waals surface area contributed by atoms with E-state index in [1.54, 1.807) is 6.92 Å². The number of nitrogens with zero attached hydrogens (tertiary/aromatic N) is 1. The van der Waals surface area contributed by atoms with Gasteiger partial charge < -0.3 is 10.0 Å². The topological polar surface area (TPSA) is 40.5 Å². The van der Waals surface area contributed by atoms with Crippen LogP contribution in [0.3, 0.4) is 0 Å². The Morgan fingerprint density at radius 1 is 1.35 bits per heavy atom. The van der Waals surface area contributed by atoms with Crippen LogP contribution in [0, 0.1) is 17.8 Å². The number of carbonyl (C=O) groups excluding carboxylic acids is 1. The summed E-state index contributed by atoms with van der Waals surface area (Å²) in [5.74, 6) is 0.0122. The highest BCUT2D eigenvalue weighted by Crippen LogP contribution is 2.42. The molecule has 2 unspecified atom stereocenters. The third-order valence-corrected chi connectivity index (χ3v) is 4.54. The average molecular weight is 293 g/mol. The zero-order chi connectivity index (χ0) is 15.1.